The summed E-state index contributed by atoms with van der Waals surface area (Å²) in [5.74, 6) is -2.14. The highest BCUT2D eigenvalue weighted by Crippen LogP contribution is 2.16. The molecule has 0 saturated carbocycles. The zero-order chi connectivity index (χ0) is 19.6. The molecule has 0 aliphatic carbocycles. The Morgan fingerprint density at radius 1 is 1.11 bits per heavy atom. The number of amides is 3. The molecule has 2 rings (SSSR count). The van der Waals surface area contributed by atoms with Crippen LogP contribution in [0.25, 0.3) is 0 Å². The maximum absolute atomic E-state index is 12.3. The summed E-state index contributed by atoms with van der Waals surface area (Å²) in [4.78, 5) is 36.4. The summed E-state index contributed by atoms with van der Waals surface area (Å²) in [5.41, 5.74) is 0.509. The average Bonchev–Trinajstić information content (AvgIpc) is 3.06. The first kappa shape index (κ1) is 20.5. The lowest BCUT2D eigenvalue weighted by Crippen LogP contribution is -2.31. The summed E-state index contributed by atoms with van der Waals surface area (Å²) < 4.78 is 5.21. The molecule has 0 bridgehead atoms. The lowest BCUT2D eigenvalue weighted by Gasteiger charge is -2.11. The Bertz CT molecular complexity index is 808. The van der Waals surface area contributed by atoms with Gasteiger partial charge >= 0.3 is 11.8 Å². The number of carbonyl (C=O) groups excluding carboxylic acids is 3. The second-order valence-electron chi connectivity index (χ2n) is 5.39. The van der Waals surface area contributed by atoms with Gasteiger partial charge in [-0.15, -0.1) is 10.2 Å². The van der Waals surface area contributed by atoms with Crippen LogP contribution in [0.15, 0.2) is 24.3 Å². The SMILES string of the molecule is CCOCCCNC(=O)c1ccccc1NC(=O)C(=O)Nc1nnc(C)s1. The summed E-state index contributed by atoms with van der Waals surface area (Å²) in [6.07, 6.45) is 0.678. The third-order valence-corrected chi connectivity index (χ3v) is 4.08. The van der Waals surface area contributed by atoms with E-state index in [1.807, 2.05) is 6.92 Å². The molecular formula is C17H21N5O4S. The number of anilines is 2. The molecular weight excluding hydrogens is 370 g/mol. The number of rotatable bonds is 8. The maximum atomic E-state index is 12.3. The molecule has 1 heterocycles. The average molecular weight is 391 g/mol. The molecule has 0 radical (unpaired) electrons. The van der Waals surface area contributed by atoms with Crippen molar-refractivity contribution in [3.8, 4) is 0 Å². The number of hydrogen-bond acceptors (Lipinski definition) is 7. The smallest absolute Gasteiger partial charge is 0.315 e. The van der Waals surface area contributed by atoms with Crippen LogP contribution >= 0.6 is 11.3 Å². The van der Waals surface area contributed by atoms with Crippen LogP contribution in [-0.2, 0) is 14.3 Å². The fraction of sp³-hybridized carbons (Fsp3) is 0.353. The van der Waals surface area contributed by atoms with Gasteiger partial charge in [-0.05, 0) is 32.4 Å². The van der Waals surface area contributed by atoms with Crippen LogP contribution in [0.4, 0.5) is 10.8 Å². The highest BCUT2D eigenvalue weighted by molar-refractivity contribution is 7.15. The second kappa shape index (κ2) is 10.3. The van der Waals surface area contributed by atoms with Crippen molar-refractivity contribution in [2.24, 2.45) is 0 Å². The van der Waals surface area contributed by atoms with Gasteiger partial charge in [-0.2, -0.15) is 0 Å². The molecule has 0 unspecified atom stereocenters. The first-order chi connectivity index (χ1) is 13.0. The van der Waals surface area contributed by atoms with Gasteiger partial charge in [-0.3, -0.25) is 19.7 Å². The van der Waals surface area contributed by atoms with Gasteiger partial charge in [0, 0.05) is 19.8 Å². The fourth-order valence-corrected chi connectivity index (χ4v) is 2.67. The van der Waals surface area contributed by atoms with Gasteiger partial charge in [0.25, 0.3) is 5.91 Å². The van der Waals surface area contributed by atoms with Crippen molar-refractivity contribution in [3.63, 3.8) is 0 Å². The van der Waals surface area contributed by atoms with Crippen LogP contribution in [0.1, 0.15) is 28.7 Å². The van der Waals surface area contributed by atoms with E-state index in [0.29, 0.717) is 31.2 Å². The first-order valence-electron chi connectivity index (χ1n) is 8.38. The molecule has 144 valence electrons. The zero-order valence-corrected chi connectivity index (χ0v) is 15.9. The van der Waals surface area contributed by atoms with Gasteiger partial charge < -0.3 is 15.4 Å². The Morgan fingerprint density at radius 2 is 1.85 bits per heavy atom. The Labute approximate surface area is 160 Å². The molecule has 1 aromatic heterocycles. The Morgan fingerprint density at radius 3 is 2.56 bits per heavy atom. The largest absolute Gasteiger partial charge is 0.382 e. The Kier molecular flexibility index (Phi) is 7.83. The molecule has 9 nitrogen and oxygen atoms in total. The lowest BCUT2D eigenvalue weighted by atomic mass is 10.1. The number of para-hydroxylation sites is 1. The number of nitrogens with zero attached hydrogens (tertiary/aromatic N) is 2. The molecule has 27 heavy (non-hydrogen) atoms. The number of carbonyl (C=O) groups is 3. The fourth-order valence-electron chi connectivity index (χ4n) is 2.09. The van der Waals surface area contributed by atoms with E-state index in [4.69, 9.17) is 4.74 Å². The van der Waals surface area contributed by atoms with Gasteiger partial charge in [-0.1, -0.05) is 23.5 Å². The topological polar surface area (TPSA) is 122 Å². The van der Waals surface area contributed by atoms with Crippen molar-refractivity contribution >= 4 is 39.9 Å². The van der Waals surface area contributed by atoms with Crippen molar-refractivity contribution in [1.29, 1.82) is 0 Å². The predicted octanol–water partition coefficient (Wildman–Crippen LogP) is 1.58. The minimum atomic E-state index is -0.903. The maximum Gasteiger partial charge on any atom is 0.315 e. The number of ether oxygens (including phenoxy) is 1. The van der Waals surface area contributed by atoms with Crippen LogP contribution in [0, 0.1) is 6.92 Å². The molecule has 0 saturated heterocycles. The van der Waals surface area contributed by atoms with E-state index in [1.54, 1.807) is 31.2 Å². The Balaban J connectivity index is 1.94. The molecule has 0 spiro atoms. The molecule has 0 aliphatic rings. The first-order valence-corrected chi connectivity index (χ1v) is 9.20. The molecule has 1 aromatic carbocycles. The molecule has 2 aromatic rings. The summed E-state index contributed by atoms with van der Waals surface area (Å²) in [6, 6.07) is 6.46. The van der Waals surface area contributed by atoms with Gasteiger partial charge in [0.1, 0.15) is 5.01 Å². The van der Waals surface area contributed by atoms with Gasteiger partial charge in [0.2, 0.25) is 5.13 Å². The van der Waals surface area contributed by atoms with E-state index >= 15 is 0 Å². The molecule has 0 aliphatic heterocycles. The number of hydrogen-bond donors (Lipinski definition) is 3. The summed E-state index contributed by atoms with van der Waals surface area (Å²) in [7, 11) is 0. The minimum Gasteiger partial charge on any atom is -0.382 e. The molecule has 3 N–H and O–H groups in total. The highest BCUT2D eigenvalue weighted by atomic mass is 32.1. The minimum absolute atomic E-state index is 0.230. The van der Waals surface area contributed by atoms with Crippen molar-refractivity contribution in [2.45, 2.75) is 20.3 Å². The number of benzene rings is 1. The van der Waals surface area contributed by atoms with E-state index in [-0.39, 0.29) is 22.3 Å². The van der Waals surface area contributed by atoms with Crippen molar-refractivity contribution < 1.29 is 19.1 Å². The van der Waals surface area contributed by atoms with Crippen LogP contribution in [0.3, 0.4) is 0 Å². The normalized spacial score (nSPS) is 10.3. The molecule has 10 heteroatoms. The third kappa shape index (κ3) is 6.42. The van der Waals surface area contributed by atoms with Crippen LogP contribution in [0.2, 0.25) is 0 Å². The number of aromatic nitrogens is 2. The summed E-state index contributed by atoms with van der Waals surface area (Å²) in [6.45, 7) is 5.26. The van der Waals surface area contributed by atoms with E-state index in [1.165, 1.54) is 0 Å². The van der Waals surface area contributed by atoms with Crippen LogP contribution < -0.4 is 16.0 Å². The van der Waals surface area contributed by atoms with Crippen molar-refractivity contribution in [3.05, 3.63) is 34.8 Å². The monoisotopic (exact) mass is 391 g/mol. The Hall–Kier alpha value is -2.85. The molecule has 0 atom stereocenters. The quantitative estimate of drug-likeness (QED) is 0.464. The van der Waals surface area contributed by atoms with E-state index in [2.05, 4.69) is 26.1 Å². The lowest BCUT2D eigenvalue weighted by molar-refractivity contribution is -0.133. The van der Waals surface area contributed by atoms with E-state index in [9.17, 15) is 14.4 Å². The third-order valence-electron chi connectivity index (χ3n) is 3.33. The van der Waals surface area contributed by atoms with E-state index in [0.717, 1.165) is 11.3 Å². The van der Waals surface area contributed by atoms with Crippen LogP contribution in [0.5, 0.6) is 0 Å². The number of aryl methyl sites for hydroxylation is 1. The van der Waals surface area contributed by atoms with Crippen molar-refractivity contribution in [1.82, 2.24) is 15.5 Å². The van der Waals surface area contributed by atoms with E-state index < -0.39 is 11.8 Å². The standard InChI is InChI=1S/C17H21N5O4S/c1-3-26-10-6-9-18-14(23)12-7-4-5-8-13(12)19-15(24)16(25)20-17-22-21-11(2)27-17/h4-5,7-8H,3,6,9-10H2,1-2H3,(H,18,23)(H,19,24)(H,20,22,25). The van der Waals surface area contributed by atoms with Gasteiger partial charge in [-0.25, -0.2) is 0 Å². The summed E-state index contributed by atoms with van der Waals surface area (Å²) >= 11 is 1.15. The molecule has 0 fully saturated rings. The second-order valence-corrected chi connectivity index (χ2v) is 6.57. The number of nitrogens with one attached hydrogen (secondary N) is 3. The van der Waals surface area contributed by atoms with Crippen LogP contribution in [-0.4, -0.2) is 47.7 Å². The molecule has 3 amide bonds. The predicted molar refractivity (Wildman–Crippen MR) is 102 cm³/mol. The van der Waals surface area contributed by atoms with Gasteiger partial charge in [0.05, 0.1) is 11.3 Å². The zero-order valence-electron chi connectivity index (χ0n) is 15.1. The van der Waals surface area contributed by atoms with Gasteiger partial charge in [0.15, 0.2) is 0 Å². The highest BCUT2D eigenvalue weighted by Gasteiger charge is 2.19. The van der Waals surface area contributed by atoms with Crippen molar-refractivity contribution in [2.75, 3.05) is 30.4 Å². The summed E-state index contributed by atoms with van der Waals surface area (Å²) in [5, 5.41) is 15.9.